The van der Waals surface area contributed by atoms with Gasteiger partial charge >= 0.3 is 0 Å². The Morgan fingerprint density at radius 3 is 2.42 bits per heavy atom. The van der Waals surface area contributed by atoms with Crippen molar-refractivity contribution < 1.29 is 4.39 Å². The minimum Gasteiger partial charge on any atom is -0.317 e. The molecule has 1 fully saturated rings. The van der Waals surface area contributed by atoms with Gasteiger partial charge in [0.25, 0.3) is 0 Å². The van der Waals surface area contributed by atoms with Gasteiger partial charge in [0, 0.05) is 5.56 Å². The van der Waals surface area contributed by atoms with Crippen LogP contribution in [0.3, 0.4) is 0 Å². The lowest BCUT2D eigenvalue weighted by Crippen LogP contribution is -2.26. The van der Waals surface area contributed by atoms with E-state index in [4.69, 9.17) is 0 Å². The molecule has 2 aromatic carbocycles. The second-order valence-electron chi connectivity index (χ2n) is 5.13. The molecule has 0 unspecified atom stereocenters. The van der Waals surface area contributed by atoms with Crippen molar-refractivity contribution in [3.8, 4) is 11.1 Å². The Balaban J connectivity index is 1.96. The first kappa shape index (κ1) is 12.4. The average molecular weight is 255 g/mol. The van der Waals surface area contributed by atoms with Crippen molar-refractivity contribution in [2.75, 3.05) is 13.1 Å². The van der Waals surface area contributed by atoms with Crippen LogP contribution in [0.4, 0.5) is 4.39 Å². The number of nitrogens with one attached hydrogen (secondary N) is 1. The molecule has 1 saturated heterocycles. The standard InChI is InChI=1S/C17H18FN/c18-17-7-6-15(13-8-10-19-11-9-13)12-16(17)14-4-2-1-3-5-14/h1-7,12-13,19H,8-11H2. The monoisotopic (exact) mass is 255 g/mol. The zero-order chi connectivity index (χ0) is 13.1. The number of halogens is 1. The molecule has 2 heteroatoms. The van der Waals surface area contributed by atoms with E-state index in [9.17, 15) is 4.39 Å². The molecule has 1 aliphatic rings. The summed E-state index contributed by atoms with van der Waals surface area (Å²) < 4.78 is 14.0. The summed E-state index contributed by atoms with van der Waals surface area (Å²) in [5, 5.41) is 3.37. The molecular weight excluding hydrogens is 237 g/mol. The number of benzene rings is 2. The van der Waals surface area contributed by atoms with Crippen LogP contribution in [0.5, 0.6) is 0 Å². The van der Waals surface area contributed by atoms with Crippen molar-refractivity contribution in [2.45, 2.75) is 18.8 Å². The van der Waals surface area contributed by atoms with E-state index < -0.39 is 0 Å². The third-order valence-corrected chi connectivity index (χ3v) is 3.89. The molecule has 1 nitrogen and oxygen atoms in total. The van der Waals surface area contributed by atoms with Crippen LogP contribution in [-0.2, 0) is 0 Å². The summed E-state index contributed by atoms with van der Waals surface area (Å²) in [7, 11) is 0. The molecule has 1 N–H and O–H groups in total. The van der Waals surface area contributed by atoms with Gasteiger partial charge < -0.3 is 5.32 Å². The van der Waals surface area contributed by atoms with E-state index in [2.05, 4.69) is 5.32 Å². The molecule has 0 aromatic heterocycles. The number of piperidine rings is 1. The normalized spacial score (nSPS) is 16.5. The van der Waals surface area contributed by atoms with Gasteiger partial charge in [0.05, 0.1) is 0 Å². The Bertz CT molecular complexity index is 544. The van der Waals surface area contributed by atoms with Gasteiger partial charge in [0.2, 0.25) is 0 Å². The first-order valence-electron chi connectivity index (χ1n) is 6.90. The minimum absolute atomic E-state index is 0.135. The topological polar surface area (TPSA) is 12.0 Å². The summed E-state index contributed by atoms with van der Waals surface area (Å²) in [4.78, 5) is 0. The van der Waals surface area contributed by atoms with Crippen LogP contribution in [0, 0.1) is 5.82 Å². The number of rotatable bonds is 2. The maximum absolute atomic E-state index is 14.0. The molecule has 0 spiro atoms. The Morgan fingerprint density at radius 2 is 1.68 bits per heavy atom. The molecule has 1 aliphatic heterocycles. The fraction of sp³-hybridized carbons (Fsp3) is 0.294. The highest BCUT2D eigenvalue weighted by Crippen LogP contribution is 2.30. The van der Waals surface area contributed by atoms with E-state index >= 15 is 0 Å². The smallest absolute Gasteiger partial charge is 0.131 e. The Hall–Kier alpha value is -1.67. The molecular formula is C17H18FN. The SMILES string of the molecule is Fc1ccc(C2CCNCC2)cc1-c1ccccc1. The molecule has 3 rings (SSSR count). The molecule has 0 bridgehead atoms. The summed E-state index contributed by atoms with van der Waals surface area (Å²) in [6.07, 6.45) is 2.28. The molecule has 0 saturated carbocycles. The van der Waals surface area contributed by atoms with Crippen molar-refractivity contribution in [3.05, 3.63) is 59.9 Å². The van der Waals surface area contributed by atoms with Crippen molar-refractivity contribution in [1.82, 2.24) is 5.32 Å². The largest absolute Gasteiger partial charge is 0.317 e. The van der Waals surface area contributed by atoms with Gasteiger partial charge in [0.15, 0.2) is 0 Å². The summed E-state index contributed by atoms with van der Waals surface area (Å²) in [5.74, 6) is 0.424. The summed E-state index contributed by atoms with van der Waals surface area (Å²) in [6.45, 7) is 2.12. The van der Waals surface area contributed by atoms with Crippen LogP contribution in [0.2, 0.25) is 0 Å². The van der Waals surface area contributed by atoms with E-state index in [0.717, 1.165) is 37.1 Å². The van der Waals surface area contributed by atoms with Crippen molar-refractivity contribution >= 4 is 0 Å². The second-order valence-corrected chi connectivity index (χ2v) is 5.13. The van der Waals surface area contributed by atoms with Crippen LogP contribution in [0.25, 0.3) is 11.1 Å². The lowest BCUT2D eigenvalue weighted by molar-refractivity contribution is 0.460. The quantitative estimate of drug-likeness (QED) is 0.856. The van der Waals surface area contributed by atoms with Crippen LogP contribution in [-0.4, -0.2) is 13.1 Å². The van der Waals surface area contributed by atoms with Gasteiger partial charge in [-0.25, -0.2) is 4.39 Å². The van der Waals surface area contributed by atoms with Crippen LogP contribution in [0.1, 0.15) is 24.3 Å². The Kier molecular flexibility index (Phi) is 3.60. The van der Waals surface area contributed by atoms with E-state index in [1.807, 2.05) is 42.5 Å². The highest BCUT2D eigenvalue weighted by Gasteiger charge is 2.16. The predicted octanol–water partition coefficient (Wildman–Crippen LogP) is 3.96. The minimum atomic E-state index is -0.135. The van der Waals surface area contributed by atoms with Crippen molar-refractivity contribution in [2.24, 2.45) is 0 Å². The van der Waals surface area contributed by atoms with E-state index in [-0.39, 0.29) is 5.82 Å². The van der Waals surface area contributed by atoms with Crippen LogP contribution < -0.4 is 5.32 Å². The summed E-state index contributed by atoms with van der Waals surface area (Å²) >= 11 is 0. The van der Waals surface area contributed by atoms with Crippen LogP contribution >= 0.6 is 0 Å². The van der Waals surface area contributed by atoms with Gasteiger partial charge in [-0.1, -0.05) is 36.4 Å². The summed E-state index contributed by atoms with van der Waals surface area (Å²) in [5.41, 5.74) is 2.94. The van der Waals surface area contributed by atoms with Crippen molar-refractivity contribution in [3.63, 3.8) is 0 Å². The fourth-order valence-corrected chi connectivity index (χ4v) is 2.79. The van der Waals surface area contributed by atoms with Gasteiger partial charge in [0.1, 0.15) is 5.82 Å². The number of hydrogen-bond acceptors (Lipinski definition) is 1. The highest BCUT2D eigenvalue weighted by molar-refractivity contribution is 5.65. The van der Waals surface area contributed by atoms with E-state index in [1.54, 1.807) is 6.07 Å². The summed E-state index contributed by atoms with van der Waals surface area (Å²) in [6, 6.07) is 15.4. The van der Waals surface area contributed by atoms with E-state index in [1.165, 1.54) is 5.56 Å². The lowest BCUT2D eigenvalue weighted by atomic mass is 9.88. The molecule has 2 aromatic rings. The Morgan fingerprint density at radius 1 is 0.947 bits per heavy atom. The molecule has 0 aliphatic carbocycles. The third-order valence-electron chi connectivity index (χ3n) is 3.89. The highest BCUT2D eigenvalue weighted by atomic mass is 19.1. The van der Waals surface area contributed by atoms with Gasteiger partial charge in [-0.3, -0.25) is 0 Å². The maximum atomic E-state index is 14.0. The van der Waals surface area contributed by atoms with Gasteiger partial charge in [-0.15, -0.1) is 0 Å². The Labute approximate surface area is 113 Å². The van der Waals surface area contributed by atoms with Gasteiger partial charge in [-0.2, -0.15) is 0 Å². The van der Waals surface area contributed by atoms with E-state index in [0.29, 0.717) is 5.92 Å². The molecule has 0 atom stereocenters. The number of hydrogen-bond donors (Lipinski definition) is 1. The zero-order valence-corrected chi connectivity index (χ0v) is 10.9. The maximum Gasteiger partial charge on any atom is 0.131 e. The average Bonchev–Trinajstić information content (AvgIpc) is 2.49. The second kappa shape index (κ2) is 5.54. The molecule has 1 heterocycles. The predicted molar refractivity (Wildman–Crippen MR) is 76.7 cm³/mol. The fourth-order valence-electron chi connectivity index (χ4n) is 2.79. The van der Waals surface area contributed by atoms with Crippen LogP contribution in [0.15, 0.2) is 48.5 Å². The third kappa shape index (κ3) is 2.69. The van der Waals surface area contributed by atoms with Crippen molar-refractivity contribution in [1.29, 1.82) is 0 Å². The molecule has 19 heavy (non-hydrogen) atoms. The van der Waals surface area contributed by atoms with Gasteiger partial charge in [-0.05, 0) is 55.1 Å². The molecule has 0 amide bonds. The molecule has 0 radical (unpaired) electrons. The first-order valence-corrected chi connectivity index (χ1v) is 6.90. The first-order chi connectivity index (χ1) is 9.34. The molecule has 98 valence electrons. The zero-order valence-electron chi connectivity index (χ0n) is 10.9. The lowest BCUT2D eigenvalue weighted by Gasteiger charge is -2.23.